The first kappa shape index (κ1) is 42.1. The molecule has 0 unspecified atom stereocenters. The molecule has 0 bridgehead atoms. The third-order valence-electron chi connectivity index (χ3n) is 10.5. The van der Waals surface area contributed by atoms with Gasteiger partial charge in [0.25, 0.3) is 21.6 Å². The minimum absolute atomic E-state index is 0.0741. The highest BCUT2D eigenvalue weighted by atomic mass is 35.5. The van der Waals surface area contributed by atoms with Crippen molar-refractivity contribution in [2.75, 3.05) is 61.5 Å². The number of carbonyl (C=O) groups excluding carboxylic acids is 2. The number of nitro benzene ring substituents is 1. The molecule has 60 heavy (non-hydrogen) atoms. The zero-order chi connectivity index (χ0) is 42.2. The lowest BCUT2D eigenvalue weighted by Crippen LogP contribution is -2.46. The molecular formula is C44H45ClN6O8S. The molecule has 16 heteroatoms. The van der Waals surface area contributed by atoms with Crippen molar-refractivity contribution in [3.63, 3.8) is 0 Å². The van der Waals surface area contributed by atoms with Crippen LogP contribution in [-0.2, 0) is 26.1 Å². The fourth-order valence-corrected chi connectivity index (χ4v) is 8.42. The first-order valence-electron chi connectivity index (χ1n) is 19.6. The highest BCUT2D eigenvalue weighted by Crippen LogP contribution is 2.34. The SMILES string of the molecule is CC(=O)Nc1ccc(Oc2cc(N3CCN(Cc4ccccc4-c4ccc(Cl)cc4)CC3)ccc2C(=O)NS(=O)(=O)c2ccc(NCC3CCOCC3)c([N+](=O)[O-])c2)cc1. The smallest absolute Gasteiger partial charge is 0.293 e. The number of nitrogens with zero attached hydrogens (tertiary/aromatic N) is 3. The topological polar surface area (TPSA) is 172 Å². The van der Waals surface area contributed by atoms with Crippen molar-refractivity contribution in [1.29, 1.82) is 0 Å². The van der Waals surface area contributed by atoms with E-state index in [-0.39, 0.29) is 28.8 Å². The second-order valence-electron chi connectivity index (χ2n) is 14.7. The number of sulfonamides is 1. The van der Waals surface area contributed by atoms with Crippen molar-refractivity contribution >= 4 is 56.2 Å². The van der Waals surface area contributed by atoms with E-state index < -0.39 is 31.4 Å². The van der Waals surface area contributed by atoms with Gasteiger partial charge in [0.2, 0.25) is 5.91 Å². The Morgan fingerprint density at radius 1 is 0.900 bits per heavy atom. The van der Waals surface area contributed by atoms with Gasteiger partial charge in [-0.1, -0.05) is 48.0 Å². The second-order valence-corrected chi connectivity index (χ2v) is 16.8. The number of nitro groups is 1. The molecule has 0 aromatic heterocycles. The lowest BCUT2D eigenvalue weighted by atomic mass is 9.99. The molecule has 3 N–H and O–H groups in total. The van der Waals surface area contributed by atoms with Gasteiger partial charge in [0.05, 0.1) is 15.4 Å². The average molecular weight is 853 g/mol. The zero-order valence-electron chi connectivity index (χ0n) is 32.9. The van der Waals surface area contributed by atoms with E-state index in [0.29, 0.717) is 49.3 Å². The largest absolute Gasteiger partial charge is 0.456 e. The minimum Gasteiger partial charge on any atom is -0.456 e. The predicted molar refractivity (Wildman–Crippen MR) is 231 cm³/mol. The molecule has 0 spiro atoms. The van der Waals surface area contributed by atoms with Crippen LogP contribution in [0.4, 0.5) is 22.7 Å². The second kappa shape index (κ2) is 18.9. The molecule has 0 saturated carbocycles. The van der Waals surface area contributed by atoms with Crippen molar-refractivity contribution < 1.29 is 32.4 Å². The maximum Gasteiger partial charge on any atom is 0.293 e. The zero-order valence-corrected chi connectivity index (χ0v) is 34.5. The van der Waals surface area contributed by atoms with Crippen LogP contribution in [0.15, 0.2) is 114 Å². The predicted octanol–water partition coefficient (Wildman–Crippen LogP) is 7.95. The summed E-state index contributed by atoms with van der Waals surface area (Å²) in [6.45, 7) is 6.71. The molecule has 2 aliphatic heterocycles. The van der Waals surface area contributed by atoms with E-state index in [4.69, 9.17) is 21.1 Å². The Morgan fingerprint density at radius 3 is 2.32 bits per heavy atom. The van der Waals surface area contributed by atoms with Gasteiger partial charge in [-0.05, 0) is 96.1 Å². The number of piperazine rings is 1. The number of ether oxygens (including phenoxy) is 2. The van der Waals surface area contributed by atoms with Crippen molar-refractivity contribution in [3.05, 3.63) is 135 Å². The van der Waals surface area contributed by atoms with Crippen LogP contribution in [0, 0.1) is 16.0 Å². The third-order valence-corrected chi connectivity index (χ3v) is 12.1. The Balaban J connectivity index is 1.09. The molecular weight excluding hydrogens is 808 g/mol. The Kier molecular flexibility index (Phi) is 13.3. The van der Waals surface area contributed by atoms with E-state index >= 15 is 0 Å². The summed E-state index contributed by atoms with van der Waals surface area (Å²) in [5, 5.41) is 18.5. The van der Waals surface area contributed by atoms with Crippen LogP contribution in [0.3, 0.4) is 0 Å². The summed E-state index contributed by atoms with van der Waals surface area (Å²) in [4.78, 5) is 40.9. The molecule has 5 aromatic rings. The van der Waals surface area contributed by atoms with Gasteiger partial charge in [0.1, 0.15) is 17.2 Å². The normalized spacial score (nSPS) is 14.9. The third kappa shape index (κ3) is 10.6. The summed E-state index contributed by atoms with van der Waals surface area (Å²) < 4.78 is 40.9. The first-order chi connectivity index (χ1) is 28.9. The fraction of sp³-hybridized carbons (Fsp3) is 0.273. The standard InChI is InChI=1S/C44H45ClN6O8S/c1-30(52)47-35-10-13-37(14-11-35)59-43-26-36(50-22-20-49(21-23-50)29-33-4-2-3-5-39(33)32-6-8-34(45)9-7-32)12-16-40(43)44(53)48-60(56,57)38-15-17-41(42(27-38)51(54)55)46-28-31-18-24-58-25-19-31/h2-17,26-27,31,46H,18-25,28-29H2,1H3,(H,47,52)(H,48,53). The quantitative estimate of drug-likeness (QED) is 0.0732. The van der Waals surface area contributed by atoms with E-state index in [1.807, 2.05) is 36.4 Å². The van der Waals surface area contributed by atoms with Gasteiger partial charge in [0, 0.05) is 87.9 Å². The Labute approximate surface area is 353 Å². The number of rotatable bonds is 14. The molecule has 5 aromatic carbocycles. The van der Waals surface area contributed by atoms with Crippen LogP contribution in [-0.4, -0.2) is 76.0 Å². The number of hydrogen-bond donors (Lipinski definition) is 3. The van der Waals surface area contributed by atoms with Crippen LogP contribution in [0.25, 0.3) is 11.1 Å². The lowest BCUT2D eigenvalue weighted by molar-refractivity contribution is -0.384. The van der Waals surface area contributed by atoms with Crippen LogP contribution in [0.2, 0.25) is 5.02 Å². The number of nitrogens with one attached hydrogen (secondary N) is 3. The van der Waals surface area contributed by atoms with E-state index in [1.165, 1.54) is 30.7 Å². The Morgan fingerprint density at radius 2 is 1.62 bits per heavy atom. The summed E-state index contributed by atoms with van der Waals surface area (Å²) in [5.41, 5.74) is 4.42. The van der Waals surface area contributed by atoms with Crippen LogP contribution in [0.5, 0.6) is 11.5 Å². The molecule has 2 fully saturated rings. The van der Waals surface area contributed by atoms with Crippen molar-refractivity contribution in [2.45, 2.75) is 31.2 Å². The van der Waals surface area contributed by atoms with Gasteiger partial charge in [-0.2, -0.15) is 0 Å². The first-order valence-corrected chi connectivity index (χ1v) is 21.5. The van der Waals surface area contributed by atoms with Crippen molar-refractivity contribution in [1.82, 2.24) is 9.62 Å². The van der Waals surface area contributed by atoms with E-state index in [0.717, 1.165) is 55.4 Å². The van der Waals surface area contributed by atoms with Gasteiger partial charge in [-0.3, -0.25) is 24.6 Å². The summed E-state index contributed by atoms with van der Waals surface area (Å²) >= 11 is 6.15. The minimum atomic E-state index is -4.57. The lowest BCUT2D eigenvalue weighted by Gasteiger charge is -2.36. The molecule has 0 radical (unpaired) electrons. The molecule has 0 atom stereocenters. The van der Waals surface area contributed by atoms with Gasteiger partial charge < -0.3 is 25.0 Å². The molecule has 2 saturated heterocycles. The number of anilines is 3. The van der Waals surface area contributed by atoms with Crippen molar-refractivity contribution in [3.8, 4) is 22.6 Å². The maximum absolute atomic E-state index is 13.8. The molecule has 14 nitrogen and oxygen atoms in total. The van der Waals surface area contributed by atoms with Crippen molar-refractivity contribution in [2.24, 2.45) is 5.92 Å². The fourth-order valence-electron chi connectivity index (χ4n) is 7.31. The van der Waals surface area contributed by atoms with Gasteiger partial charge in [-0.15, -0.1) is 0 Å². The highest BCUT2D eigenvalue weighted by Gasteiger charge is 2.27. The number of benzene rings is 5. The molecule has 312 valence electrons. The van der Waals surface area contributed by atoms with E-state index in [2.05, 4.69) is 37.3 Å². The Bertz CT molecular complexity index is 2450. The van der Waals surface area contributed by atoms with Crippen LogP contribution < -0.4 is 25.0 Å². The van der Waals surface area contributed by atoms with Gasteiger partial charge >= 0.3 is 0 Å². The van der Waals surface area contributed by atoms with Crippen LogP contribution in [0.1, 0.15) is 35.7 Å². The molecule has 0 aliphatic carbocycles. The van der Waals surface area contributed by atoms with Gasteiger partial charge in [0.15, 0.2) is 0 Å². The maximum atomic E-state index is 13.8. The summed E-state index contributed by atoms with van der Waals surface area (Å²) in [7, 11) is -4.57. The average Bonchev–Trinajstić information content (AvgIpc) is 3.24. The number of carbonyl (C=O) groups is 2. The number of amides is 2. The van der Waals surface area contributed by atoms with Gasteiger partial charge in [-0.25, -0.2) is 13.1 Å². The Hall–Kier alpha value is -6.00. The molecule has 2 heterocycles. The monoisotopic (exact) mass is 852 g/mol. The summed E-state index contributed by atoms with van der Waals surface area (Å²) in [6, 6.07) is 31.1. The number of hydrogen-bond acceptors (Lipinski definition) is 11. The summed E-state index contributed by atoms with van der Waals surface area (Å²) in [6.07, 6.45) is 1.62. The van der Waals surface area contributed by atoms with E-state index in [9.17, 15) is 28.1 Å². The number of halogens is 1. The summed E-state index contributed by atoms with van der Waals surface area (Å²) in [5.74, 6) is -0.543. The van der Waals surface area contributed by atoms with E-state index in [1.54, 1.807) is 36.4 Å². The molecule has 2 amide bonds. The van der Waals surface area contributed by atoms with Crippen LogP contribution >= 0.6 is 11.6 Å². The highest BCUT2D eigenvalue weighted by molar-refractivity contribution is 7.90. The molecule has 2 aliphatic rings. The molecule has 7 rings (SSSR count).